The summed E-state index contributed by atoms with van der Waals surface area (Å²) in [5, 5.41) is 4.11. The van der Waals surface area contributed by atoms with Crippen LogP contribution in [0.5, 0.6) is 0 Å². The second kappa shape index (κ2) is 5.44. The Morgan fingerprint density at radius 3 is 2.80 bits per heavy atom. The van der Waals surface area contributed by atoms with Gasteiger partial charge in [0.05, 0.1) is 5.75 Å². The van der Waals surface area contributed by atoms with Crippen molar-refractivity contribution in [1.29, 1.82) is 0 Å². The van der Waals surface area contributed by atoms with E-state index >= 15 is 0 Å². The summed E-state index contributed by atoms with van der Waals surface area (Å²) in [6.45, 7) is 2.39. The molecule has 1 unspecified atom stereocenters. The van der Waals surface area contributed by atoms with Gasteiger partial charge in [0, 0.05) is 31.2 Å². The predicted molar refractivity (Wildman–Crippen MR) is 74.4 cm³/mol. The van der Waals surface area contributed by atoms with Crippen molar-refractivity contribution in [2.24, 2.45) is 0 Å². The van der Waals surface area contributed by atoms with Gasteiger partial charge in [-0.15, -0.1) is 0 Å². The zero-order valence-electron chi connectivity index (χ0n) is 11.8. The first-order chi connectivity index (χ1) is 9.51. The van der Waals surface area contributed by atoms with Gasteiger partial charge in [-0.05, 0) is 32.2 Å². The molecule has 7 heteroatoms. The molecule has 0 spiro atoms. The SMILES string of the molecule is CS(=O)(=O)CCN1CCCC(c2noc(C3CC3)n2)C1. The van der Waals surface area contributed by atoms with Gasteiger partial charge in [0.2, 0.25) is 5.89 Å². The van der Waals surface area contributed by atoms with Crippen molar-refractivity contribution in [3.05, 3.63) is 11.7 Å². The highest BCUT2D eigenvalue weighted by atomic mass is 32.2. The van der Waals surface area contributed by atoms with Crippen molar-refractivity contribution in [3.63, 3.8) is 0 Å². The van der Waals surface area contributed by atoms with Crippen molar-refractivity contribution in [1.82, 2.24) is 15.0 Å². The molecule has 1 aromatic heterocycles. The van der Waals surface area contributed by atoms with E-state index in [9.17, 15) is 8.42 Å². The van der Waals surface area contributed by atoms with Gasteiger partial charge < -0.3 is 9.42 Å². The number of piperidine rings is 1. The summed E-state index contributed by atoms with van der Waals surface area (Å²) in [5.41, 5.74) is 0. The largest absolute Gasteiger partial charge is 0.339 e. The molecule has 1 aromatic rings. The van der Waals surface area contributed by atoms with Crippen LogP contribution >= 0.6 is 0 Å². The van der Waals surface area contributed by atoms with E-state index in [1.165, 1.54) is 6.26 Å². The average Bonchev–Trinajstić information content (AvgIpc) is 3.14. The molecule has 1 saturated carbocycles. The first-order valence-electron chi connectivity index (χ1n) is 7.25. The molecule has 1 aliphatic heterocycles. The summed E-state index contributed by atoms with van der Waals surface area (Å²) >= 11 is 0. The quantitative estimate of drug-likeness (QED) is 0.812. The summed E-state index contributed by atoms with van der Waals surface area (Å²) in [6.07, 6.45) is 5.72. The number of aromatic nitrogens is 2. The zero-order chi connectivity index (χ0) is 14.2. The van der Waals surface area contributed by atoms with Crippen LogP contribution in [0.3, 0.4) is 0 Å². The lowest BCUT2D eigenvalue weighted by molar-refractivity contribution is 0.212. The number of likely N-dealkylation sites (tertiary alicyclic amines) is 1. The highest BCUT2D eigenvalue weighted by Gasteiger charge is 2.32. The van der Waals surface area contributed by atoms with E-state index in [4.69, 9.17) is 4.52 Å². The van der Waals surface area contributed by atoms with Gasteiger partial charge in [-0.25, -0.2) is 8.42 Å². The van der Waals surface area contributed by atoms with E-state index in [0.717, 1.165) is 50.5 Å². The van der Waals surface area contributed by atoms with Gasteiger partial charge in [0.15, 0.2) is 5.82 Å². The third-order valence-corrected chi connectivity index (χ3v) is 4.96. The lowest BCUT2D eigenvalue weighted by Crippen LogP contribution is -2.37. The maximum Gasteiger partial charge on any atom is 0.229 e. The van der Waals surface area contributed by atoms with Crippen LogP contribution in [-0.4, -0.2) is 55.1 Å². The molecule has 20 heavy (non-hydrogen) atoms. The molecule has 112 valence electrons. The van der Waals surface area contributed by atoms with E-state index < -0.39 is 9.84 Å². The Labute approximate surface area is 119 Å². The summed E-state index contributed by atoms with van der Waals surface area (Å²) in [4.78, 5) is 6.71. The Morgan fingerprint density at radius 2 is 2.10 bits per heavy atom. The molecule has 0 N–H and O–H groups in total. The minimum absolute atomic E-state index is 0.222. The topological polar surface area (TPSA) is 76.3 Å². The number of hydrogen-bond donors (Lipinski definition) is 0. The van der Waals surface area contributed by atoms with Crippen molar-refractivity contribution in [2.75, 3.05) is 31.6 Å². The average molecular weight is 299 g/mol. The summed E-state index contributed by atoms with van der Waals surface area (Å²) in [5.74, 6) is 2.57. The van der Waals surface area contributed by atoms with Gasteiger partial charge in [-0.3, -0.25) is 0 Å². The maximum atomic E-state index is 11.2. The smallest absolute Gasteiger partial charge is 0.229 e. The standard InChI is InChI=1S/C13H21N3O3S/c1-20(17,18)8-7-16-6-2-3-11(9-16)12-14-13(19-15-12)10-4-5-10/h10-11H,2-9H2,1H3. The summed E-state index contributed by atoms with van der Waals surface area (Å²) < 4.78 is 27.8. The van der Waals surface area contributed by atoms with Crippen LogP contribution in [-0.2, 0) is 9.84 Å². The van der Waals surface area contributed by atoms with E-state index in [0.29, 0.717) is 12.5 Å². The third-order valence-electron chi connectivity index (χ3n) is 4.03. The fourth-order valence-electron chi connectivity index (χ4n) is 2.67. The van der Waals surface area contributed by atoms with E-state index in [1.54, 1.807) is 0 Å². The Bertz CT molecular complexity index is 565. The van der Waals surface area contributed by atoms with E-state index in [-0.39, 0.29) is 11.7 Å². The fraction of sp³-hybridized carbons (Fsp3) is 0.846. The van der Waals surface area contributed by atoms with E-state index in [1.807, 2.05) is 0 Å². The minimum atomic E-state index is -2.90. The molecule has 0 aromatic carbocycles. The lowest BCUT2D eigenvalue weighted by atomic mass is 9.97. The maximum absolute atomic E-state index is 11.2. The Morgan fingerprint density at radius 1 is 1.30 bits per heavy atom. The van der Waals surface area contributed by atoms with Gasteiger partial charge >= 0.3 is 0 Å². The van der Waals surface area contributed by atoms with Crippen molar-refractivity contribution in [2.45, 2.75) is 37.5 Å². The second-order valence-corrected chi connectivity index (χ2v) is 8.29. The highest BCUT2D eigenvalue weighted by molar-refractivity contribution is 7.90. The normalized spacial score (nSPS) is 24.9. The molecule has 6 nitrogen and oxygen atoms in total. The van der Waals surface area contributed by atoms with Crippen LogP contribution in [0.25, 0.3) is 0 Å². The van der Waals surface area contributed by atoms with Gasteiger partial charge in [0.25, 0.3) is 0 Å². The molecule has 2 aliphatic rings. The molecule has 0 radical (unpaired) electrons. The van der Waals surface area contributed by atoms with Crippen LogP contribution in [0.15, 0.2) is 4.52 Å². The monoisotopic (exact) mass is 299 g/mol. The Hall–Kier alpha value is -0.950. The third kappa shape index (κ3) is 3.58. The number of rotatable bonds is 5. The summed E-state index contributed by atoms with van der Waals surface area (Å²) in [7, 11) is -2.90. The molecule has 2 fully saturated rings. The number of sulfone groups is 1. The van der Waals surface area contributed by atoms with Gasteiger partial charge in [-0.1, -0.05) is 5.16 Å². The Kier molecular flexibility index (Phi) is 3.81. The van der Waals surface area contributed by atoms with Crippen LogP contribution in [0, 0.1) is 0 Å². The lowest BCUT2D eigenvalue weighted by Gasteiger charge is -2.30. The van der Waals surface area contributed by atoms with Gasteiger partial charge in [-0.2, -0.15) is 4.98 Å². The van der Waals surface area contributed by atoms with Crippen molar-refractivity contribution >= 4 is 9.84 Å². The molecule has 0 bridgehead atoms. The fourth-order valence-corrected chi connectivity index (χ4v) is 3.26. The number of nitrogens with zero attached hydrogens (tertiary/aromatic N) is 3. The highest BCUT2D eigenvalue weighted by Crippen LogP contribution is 2.39. The van der Waals surface area contributed by atoms with Crippen LogP contribution in [0.2, 0.25) is 0 Å². The molecule has 1 atom stereocenters. The second-order valence-electron chi connectivity index (χ2n) is 6.03. The first kappa shape index (κ1) is 14.0. The first-order valence-corrected chi connectivity index (χ1v) is 9.31. The molecule has 3 rings (SSSR count). The van der Waals surface area contributed by atoms with Crippen molar-refractivity contribution < 1.29 is 12.9 Å². The van der Waals surface area contributed by atoms with Gasteiger partial charge in [0.1, 0.15) is 9.84 Å². The minimum Gasteiger partial charge on any atom is -0.339 e. The van der Waals surface area contributed by atoms with Crippen LogP contribution in [0.1, 0.15) is 49.2 Å². The van der Waals surface area contributed by atoms with Crippen LogP contribution < -0.4 is 0 Å². The van der Waals surface area contributed by atoms with Crippen LogP contribution in [0.4, 0.5) is 0 Å². The molecule has 0 amide bonds. The number of hydrogen-bond acceptors (Lipinski definition) is 6. The van der Waals surface area contributed by atoms with Crippen molar-refractivity contribution in [3.8, 4) is 0 Å². The molecular weight excluding hydrogens is 278 g/mol. The van der Waals surface area contributed by atoms with E-state index in [2.05, 4.69) is 15.0 Å². The predicted octanol–water partition coefficient (Wildman–Crippen LogP) is 1.17. The molecule has 1 aliphatic carbocycles. The zero-order valence-corrected chi connectivity index (χ0v) is 12.6. The molecule has 2 heterocycles. The molecule has 1 saturated heterocycles. The molecular formula is C13H21N3O3S. The Balaban J connectivity index is 1.59. The summed E-state index contributed by atoms with van der Waals surface area (Å²) in [6, 6.07) is 0.